The predicted molar refractivity (Wildman–Crippen MR) is 180 cm³/mol. The summed E-state index contributed by atoms with van der Waals surface area (Å²) in [5, 5.41) is 7.05. The van der Waals surface area contributed by atoms with Gasteiger partial charge in [-0.05, 0) is 60.4 Å². The first kappa shape index (κ1) is 32.6. The molecule has 0 aliphatic rings. The molecule has 7 heteroatoms. The maximum atomic E-state index is 12.6. The minimum absolute atomic E-state index is 0.0951. The third kappa shape index (κ3) is 7.09. The highest BCUT2D eigenvalue weighted by Gasteiger charge is 2.27. The molecule has 0 aliphatic carbocycles. The lowest BCUT2D eigenvalue weighted by Crippen LogP contribution is -2.41. The molecule has 0 saturated carbocycles. The fourth-order valence-corrected chi connectivity index (χ4v) is 6.42. The molecule has 6 nitrogen and oxygen atoms in total. The molecule has 1 N–H and O–H groups in total. The number of carbonyl (C=O) groups is 2. The number of rotatable bonds is 13. The van der Waals surface area contributed by atoms with E-state index >= 15 is 0 Å². The van der Waals surface area contributed by atoms with Gasteiger partial charge in [0.05, 0.1) is 28.1 Å². The van der Waals surface area contributed by atoms with Gasteiger partial charge < -0.3 is 14.7 Å². The number of aryl methyl sites for hydroxylation is 1. The van der Waals surface area contributed by atoms with Crippen LogP contribution in [0.5, 0.6) is 0 Å². The topological polar surface area (TPSA) is 76.9 Å². The summed E-state index contributed by atoms with van der Waals surface area (Å²) in [4.78, 5) is 34.1. The van der Waals surface area contributed by atoms with Crippen molar-refractivity contribution in [1.29, 1.82) is 0 Å². The van der Waals surface area contributed by atoms with Gasteiger partial charge in [0, 0.05) is 52.5 Å². The Hall–Kier alpha value is -3.32. The zero-order chi connectivity index (χ0) is 31.5. The van der Waals surface area contributed by atoms with Gasteiger partial charge in [-0.3, -0.25) is 9.78 Å². The molecule has 0 spiro atoms. The highest BCUT2D eigenvalue weighted by atomic mass is 32.1. The van der Waals surface area contributed by atoms with Crippen molar-refractivity contribution in [3.05, 3.63) is 58.2 Å². The number of hydrogen-bond donors (Lipinski definition) is 1. The highest BCUT2D eigenvalue weighted by Crippen LogP contribution is 2.42. The van der Waals surface area contributed by atoms with Crippen LogP contribution >= 0.6 is 11.3 Å². The van der Waals surface area contributed by atoms with E-state index in [1.54, 1.807) is 0 Å². The first-order chi connectivity index (χ1) is 20.4. The molecule has 0 fully saturated rings. The van der Waals surface area contributed by atoms with Crippen molar-refractivity contribution < 1.29 is 9.59 Å². The number of hydrogen-bond acceptors (Lipinski definition) is 5. The quantitative estimate of drug-likeness (QED) is 0.156. The first-order valence-corrected chi connectivity index (χ1v) is 16.6. The van der Waals surface area contributed by atoms with E-state index < -0.39 is 6.04 Å². The SMILES string of the molecule is CCn1c(-c2cccnc2C(C)C)c(CC(C)(C)CC)c2cc(-c3csc(CC(C=O)NC(=O)C(C)C(C)C)n3)ccc21. The second kappa shape index (κ2) is 13.5. The monoisotopic (exact) mass is 600 g/mol. The second-order valence-corrected chi connectivity index (χ2v) is 14.1. The van der Waals surface area contributed by atoms with Crippen LogP contribution in [-0.2, 0) is 29.0 Å². The Labute approximate surface area is 261 Å². The summed E-state index contributed by atoms with van der Waals surface area (Å²) in [7, 11) is 0. The number of fused-ring (bicyclic) bond motifs is 1. The number of benzene rings is 1. The van der Waals surface area contributed by atoms with Gasteiger partial charge >= 0.3 is 0 Å². The molecule has 3 aromatic heterocycles. The van der Waals surface area contributed by atoms with Crippen molar-refractivity contribution in [3.8, 4) is 22.5 Å². The zero-order valence-corrected chi connectivity index (χ0v) is 28.1. The van der Waals surface area contributed by atoms with E-state index in [4.69, 9.17) is 9.97 Å². The standard InChI is InChI=1S/C36H48N4O2S/c1-10-36(8,9)19-29-28-17-25(30-21-43-32(39-30)18-26(20-41)38-35(42)24(7)22(3)4)14-15-31(28)40(11-2)34(29)27-13-12-16-37-33(27)23(5)6/h12-17,20-24,26H,10-11,18-19H2,1-9H3,(H,38,42). The summed E-state index contributed by atoms with van der Waals surface area (Å²) < 4.78 is 2.45. The molecule has 1 amide bonds. The summed E-state index contributed by atoms with van der Waals surface area (Å²) in [5.41, 5.74) is 8.27. The van der Waals surface area contributed by atoms with Gasteiger partial charge in [0.25, 0.3) is 0 Å². The Kier molecular flexibility index (Phi) is 10.3. The minimum Gasteiger partial charge on any atom is -0.346 e. The van der Waals surface area contributed by atoms with Gasteiger partial charge in [-0.25, -0.2) is 4.98 Å². The van der Waals surface area contributed by atoms with Gasteiger partial charge in [0.2, 0.25) is 5.91 Å². The molecule has 0 aliphatic heterocycles. The van der Waals surface area contributed by atoms with E-state index in [1.807, 2.05) is 33.0 Å². The molecule has 0 saturated heterocycles. The Bertz CT molecular complexity index is 1580. The molecule has 3 heterocycles. The van der Waals surface area contributed by atoms with Crippen LogP contribution in [0.1, 0.15) is 90.9 Å². The predicted octanol–water partition coefficient (Wildman–Crippen LogP) is 8.47. The molecule has 4 aromatic rings. The Morgan fingerprint density at radius 2 is 1.86 bits per heavy atom. The number of aldehydes is 1. The summed E-state index contributed by atoms with van der Waals surface area (Å²) in [6.45, 7) is 20.4. The third-order valence-electron chi connectivity index (χ3n) is 8.88. The van der Waals surface area contributed by atoms with Crippen LogP contribution in [0.3, 0.4) is 0 Å². The molecule has 1 aromatic carbocycles. The Morgan fingerprint density at radius 1 is 1.12 bits per heavy atom. The van der Waals surface area contributed by atoms with Crippen LogP contribution in [0.25, 0.3) is 33.4 Å². The fourth-order valence-electron chi connectivity index (χ4n) is 5.56. The minimum atomic E-state index is -0.589. The van der Waals surface area contributed by atoms with Gasteiger partial charge in [-0.15, -0.1) is 11.3 Å². The van der Waals surface area contributed by atoms with Gasteiger partial charge in [-0.1, -0.05) is 67.9 Å². The Balaban J connectivity index is 1.78. The zero-order valence-electron chi connectivity index (χ0n) is 27.3. The van der Waals surface area contributed by atoms with E-state index in [2.05, 4.69) is 81.1 Å². The average molecular weight is 601 g/mol. The fraction of sp³-hybridized carbons (Fsp3) is 0.500. The maximum Gasteiger partial charge on any atom is 0.223 e. The lowest BCUT2D eigenvalue weighted by atomic mass is 9.81. The normalized spacial score (nSPS) is 13.6. The maximum absolute atomic E-state index is 12.6. The molecule has 43 heavy (non-hydrogen) atoms. The number of amides is 1. The van der Waals surface area contributed by atoms with Crippen LogP contribution in [-0.4, -0.2) is 32.8 Å². The van der Waals surface area contributed by atoms with Gasteiger partial charge in [-0.2, -0.15) is 0 Å². The smallest absolute Gasteiger partial charge is 0.223 e. The molecule has 230 valence electrons. The largest absolute Gasteiger partial charge is 0.346 e. The van der Waals surface area contributed by atoms with Crippen molar-refractivity contribution in [2.45, 2.75) is 100 Å². The van der Waals surface area contributed by atoms with E-state index in [-0.39, 0.29) is 23.2 Å². The summed E-state index contributed by atoms with van der Waals surface area (Å²) >= 11 is 1.53. The second-order valence-electron chi connectivity index (χ2n) is 13.2. The number of carbonyl (C=O) groups excluding carboxylic acids is 2. The lowest BCUT2D eigenvalue weighted by Gasteiger charge is -2.24. The van der Waals surface area contributed by atoms with Crippen LogP contribution in [0.2, 0.25) is 0 Å². The molecule has 2 unspecified atom stereocenters. The molecular formula is C36H48N4O2S. The number of pyridine rings is 1. The molecular weight excluding hydrogens is 552 g/mol. The molecule has 4 rings (SSSR count). The highest BCUT2D eigenvalue weighted by molar-refractivity contribution is 7.10. The van der Waals surface area contributed by atoms with Crippen LogP contribution in [0.4, 0.5) is 0 Å². The number of thiazole rings is 1. The number of nitrogens with zero attached hydrogens (tertiary/aromatic N) is 3. The lowest BCUT2D eigenvalue weighted by molar-refractivity contribution is -0.128. The van der Waals surface area contributed by atoms with Crippen molar-refractivity contribution in [1.82, 2.24) is 19.9 Å². The number of aromatic nitrogens is 3. The molecule has 2 atom stereocenters. The molecule has 0 radical (unpaired) electrons. The summed E-state index contributed by atoms with van der Waals surface area (Å²) in [5.74, 6) is 0.266. The summed E-state index contributed by atoms with van der Waals surface area (Å²) in [6, 6.07) is 10.4. The first-order valence-electron chi connectivity index (χ1n) is 15.7. The van der Waals surface area contributed by atoms with Crippen molar-refractivity contribution in [2.75, 3.05) is 0 Å². The van der Waals surface area contributed by atoms with Crippen molar-refractivity contribution in [2.24, 2.45) is 17.3 Å². The van der Waals surface area contributed by atoms with E-state index in [0.29, 0.717) is 12.3 Å². The molecule has 0 bridgehead atoms. The van der Waals surface area contributed by atoms with Gasteiger partial charge in [0.15, 0.2) is 0 Å². The Morgan fingerprint density at radius 3 is 2.49 bits per heavy atom. The van der Waals surface area contributed by atoms with Crippen LogP contribution in [0, 0.1) is 17.3 Å². The van der Waals surface area contributed by atoms with E-state index in [9.17, 15) is 9.59 Å². The number of nitrogens with one attached hydrogen (secondary N) is 1. The van der Waals surface area contributed by atoms with E-state index in [1.165, 1.54) is 39.1 Å². The van der Waals surface area contributed by atoms with Gasteiger partial charge in [0.1, 0.15) is 6.29 Å². The van der Waals surface area contributed by atoms with Crippen molar-refractivity contribution >= 4 is 34.4 Å². The van der Waals surface area contributed by atoms with Crippen LogP contribution < -0.4 is 5.32 Å². The van der Waals surface area contributed by atoms with Crippen LogP contribution in [0.15, 0.2) is 41.9 Å². The van der Waals surface area contributed by atoms with Crippen molar-refractivity contribution in [3.63, 3.8) is 0 Å². The summed E-state index contributed by atoms with van der Waals surface area (Å²) in [6.07, 6.45) is 5.14. The third-order valence-corrected chi connectivity index (χ3v) is 9.76. The average Bonchev–Trinajstić information content (AvgIpc) is 3.57. The van der Waals surface area contributed by atoms with E-state index in [0.717, 1.165) is 47.6 Å².